The molecule has 0 fully saturated rings. The van der Waals surface area contributed by atoms with Gasteiger partial charge in [0.25, 0.3) is 0 Å². The van der Waals surface area contributed by atoms with E-state index in [1.54, 1.807) is 0 Å². The minimum absolute atomic E-state index is 0.589. The predicted molar refractivity (Wildman–Crippen MR) is 236 cm³/mol. The molecule has 0 spiro atoms. The number of furan rings is 1. The summed E-state index contributed by atoms with van der Waals surface area (Å²) in [5.41, 5.74) is 9.84. The highest BCUT2D eigenvalue weighted by molar-refractivity contribution is 7.25. The van der Waals surface area contributed by atoms with E-state index in [2.05, 4.69) is 120 Å². The van der Waals surface area contributed by atoms with Gasteiger partial charge in [0.1, 0.15) is 11.2 Å². The third-order valence-electron chi connectivity index (χ3n) is 11.1. The number of para-hydroxylation sites is 2. The first-order valence-electron chi connectivity index (χ1n) is 19.0. The molecule has 0 atom stereocenters. The van der Waals surface area contributed by atoms with Gasteiger partial charge in [-0.1, -0.05) is 140 Å². The molecule has 5 nitrogen and oxygen atoms in total. The maximum Gasteiger partial charge on any atom is 0.164 e. The summed E-state index contributed by atoms with van der Waals surface area (Å²) in [7, 11) is 0. The fourth-order valence-electron chi connectivity index (χ4n) is 8.56. The fraction of sp³-hybridized carbons (Fsp3) is 0. The molecule has 8 aromatic carbocycles. The van der Waals surface area contributed by atoms with Gasteiger partial charge in [-0.05, 0) is 48.0 Å². The fourth-order valence-corrected chi connectivity index (χ4v) is 9.69. The minimum atomic E-state index is 0.589. The van der Waals surface area contributed by atoms with Gasteiger partial charge in [0.05, 0.1) is 11.0 Å². The summed E-state index contributed by atoms with van der Waals surface area (Å²) in [4.78, 5) is 15.3. The van der Waals surface area contributed by atoms with E-state index in [-0.39, 0.29) is 0 Å². The average molecular weight is 747 g/mol. The van der Waals surface area contributed by atoms with E-state index >= 15 is 0 Å². The summed E-state index contributed by atoms with van der Waals surface area (Å²) in [6.07, 6.45) is 0. The molecule has 0 bridgehead atoms. The van der Waals surface area contributed by atoms with Gasteiger partial charge >= 0.3 is 0 Å². The van der Waals surface area contributed by atoms with Gasteiger partial charge in [0.15, 0.2) is 17.5 Å². The lowest BCUT2D eigenvalue weighted by Gasteiger charge is -2.13. The second-order valence-electron chi connectivity index (χ2n) is 14.3. The van der Waals surface area contributed by atoms with Crippen LogP contribution in [0.1, 0.15) is 0 Å². The van der Waals surface area contributed by atoms with Crippen LogP contribution in [0, 0.1) is 0 Å². The van der Waals surface area contributed by atoms with E-state index in [9.17, 15) is 0 Å². The molecule has 0 amide bonds. The molecular formula is C51H30N4OS. The van der Waals surface area contributed by atoms with E-state index in [0.29, 0.717) is 17.5 Å². The van der Waals surface area contributed by atoms with Gasteiger partial charge in [-0.2, -0.15) is 0 Å². The van der Waals surface area contributed by atoms with Gasteiger partial charge in [0, 0.05) is 69.7 Å². The first-order chi connectivity index (χ1) is 28.3. The average Bonchev–Trinajstić information content (AvgIpc) is 3.96. The lowest BCUT2D eigenvalue weighted by molar-refractivity contribution is 0.670. The number of thiophene rings is 1. The van der Waals surface area contributed by atoms with Gasteiger partial charge in [-0.3, -0.25) is 0 Å². The van der Waals surface area contributed by atoms with Crippen molar-refractivity contribution in [2.45, 2.75) is 0 Å². The van der Waals surface area contributed by atoms with Crippen LogP contribution in [0.15, 0.2) is 186 Å². The molecule has 0 N–H and O–H groups in total. The third-order valence-corrected chi connectivity index (χ3v) is 12.2. The van der Waals surface area contributed by atoms with Crippen LogP contribution < -0.4 is 0 Å². The van der Waals surface area contributed by atoms with Crippen molar-refractivity contribution >= 4 is 75.3 Å². The second-order valence-corrected chi connectivity index (χ2v) is 15.4. The van der Waals surface area contributed by atoms with Crippen molar-refractivity contribution in [3.05, 3.63) is 182 Å². The summed E-state index contributed by atoms with van der Waals surface area (Å²) in [5, 5.41) is 6.86. The molecule has 0 unspecified atom stereocenters. The molecule has 6 heteroatoms. The Morgan fingerprint density at radius 3 is 1.67 bits per heavy atom. The summed E-state index contributed by atoms with van der Waals surface area (Å²) in [5.74, 6) is 1.82. The lowest BCUT2D eigenvalue weighted by Crippen LogP contribution is -2.00. The molecule has 4 aromatic heterocycles. The van der Waals surface area contributed by atoms with Gasteiger partial charge in [-0.15, -0.1) is 11.3 Å². The summed E-state index contributed by atoms with van der Waals surface area (Å²) >= 11 is 1.83. The number of fused-ring (bicyclic) bond motifs is 9. The van der Waals surface area contributed by atoms with Crippen molar-refractivity contribution in [2.75, 3.05) is 0 Å². The van der Waals surface area contributed by atoms with Crippen LogP contribution in [-0.2, 0) is 0 Å². The Kier molecular flexibility index (Phi) is 7.03. The van der Waals surface area contributed by atoms with Crippen LogP contribution in [0.5, 0.6) is 0 Å². The molecule has 266 valence electrons. The second kappa shape index (κ2) is 12.6. The third kappa shape index (κ3) is 4.98. The number of hydrogen-bond acceptors (Lipinski definition) is 5. The lowest BCUT2D eigenvalue weighted by atomic mass is 9.96. The first kappa shape index (κ1) is 31.9. The van der Waals surface area contributed by atoms with Crippen LogP contribution in [0.4, 0.5) is 0 Å². The highest BCUT2D eigenvalue weighted by Crippen LogP contribution is 2.47. The Balaban J connectivity index is 1.21. The molecule has 57 heavy (non-hydrogen) atoms. The zero-order valence-corrected chi connectivity index (χ0v) is 31.2. The molecular weight excluding hydrogens is 717 g/mol. The number of benzene rings is 8. The van der Waals surface area contributed by atoms with Crippen molar-refractivity contribution < 1.29 is 4.42 Å². The van der Waals surface area contributed by atoms with Crippen molar-refractivity contribution in [1.29, 1.82) is 0 Å². The van der Waals surface area contributed by atoms with Crippen LogP contribution in [-0.4, -0.2) is 19.5 Å². The summed E-state index contributed by atoms with van der Waals surface area (Å²) < 4.78 is 11.9. The molecule has 0 aliphatic carbocycles. The SMILES string of the molecule is c1ccc(-c2nc(-c3ccccc3)nc(-c3cccc4oc5c(-c6cccc7sc8ccccc8c67)cc(-n6c7ccccc7c7ccccc76)cc5c34)n2)cc1. The summed E-state index contributed by atoms with van der Waals surface area (Å²) in [6, 6.07) is 63.7. The van der Waals surface area contributed by atoms with Crippen molar-refractivity contribution in [3.8, 4) is 51.0 Å². The van der Waals surface area contributed by atoms with Crippen LogP contribution in [0.3, 0.4) is 0 Å². The van der Waals surface area contributed by atoms with E-state index < -0.39 is 0 Å². The molecule has 12 rings (SSSR count). The monoisotopic (exact) mass is 746 g/mol. The molecule has 0 aliphatic rings. The Labute approximate surface area is 330 Å². The zero-order chi connectivity index (χ0) is 37.5. The number of aromatic nitrogens is 4. The van der Waals surface area contributed by atoms with Crippen molar-refractivity contribution in [2.24, 2.45) is 0 Å². The van der Waals surface area contributed by atoms with E-state index in [4.69, 9.17) is 19.4 Å². The van der Waals surface area contributed by atoms with Crippen molar-refractivity contribution in [1.82, 2.24) is 19.5 Å². The Morgan fingerprint density at radius 2 is 0.965 bits per heavy atom. The van der Waals surface area contributed by atoms with Crippen LogP contribution in [0.2, 0.25) is 0 Å². The minimum Gasteiger partial charge on any atom is -0.455 e. The maximum atomic E-state index is 7.04. The number of nitrogens with zero attached hydrogens (tertiary/aromatic N) is 4. The molecule has 12 aromatic rings. The number of rotatable bonds is 5. The topological polar surface area (TPSA) is 56.7 Å². The first-order valence-corrected chi connectivity index (χ1v) is 19.8. The molecule has 0 saturated heterocycles. The predicted octanol–water partition coefficient (Wildman–Crippen LogP) is 13.9. The Bertz CT molecular complexity index is 3420. The van der Waals surface area contributed by atoms with E-state index in [0.717, 1.165) is 66.5 Å². The highest BCUT2D eigenvalue weighted by Gasteiger charge is 2.23. The standard InChI is InChI=1S/C51H30N4OS/c1-3-15-31(16-4-1)49-52-50(32-17-5-2-6-18-32)54-51(53-49)38-23-13-26-43-46(38)40-30-33(55-41-24-10-7-19-34(41)35-20-8-11-25-42(35)55)29-39(48(40)56-43)36-22-14-28-45-47(36)37-21-9-12-27-44(37)57-45/h1-30H. The quantitative estimate of drug-likeness (QED) is 0.176. The molecule has 0 radical (unpaired) electrons. The van der Waals surface area contributed by atoms with E-state index in [1.165, 1.54) is 30.9 Å². The van der Waals surface area contributed by atoms with Crippen molar-refractivity contribution in [3.63, 3.8) is 0 Å². The largest absolute Gasteiger partial charge is 0.455 e. The van der Waals surface area contributed by atoms with Gasteiger partial charge in [0.2, 0.25) is 0 Å². The Hall–Kier alpha value is -7.41. The summed E-state index contributed by atoms with van der Waals surface area (Å²) in [6.45, 7) is 0. The van der Waals surface area contributed by atoms with Gasteiger partial charge < -0.3 is 8.98 Å². The number of hydrogen-bond donors (Lipinski definition) is 0. The normalized spacial score (nSPS) is 11.9. The van der Waals surface area contributed by atoms with Gasteiger partial charge in [-0.25, -0.2) is 15.0 Å². The zero-order valence-electron chi connectivity index (χ0n) is 30.4. The molecule has 4 heterocycles. The van der Waals surface area contributed by atoms with Crippen LogP contribution in [0.25, 0.3) is 115 Å². The van der Waals surface area contributed by atoms with Crippen LogP contribution >= 0.6 is 11.3 Å². The molecule has 0 aliphatic heterocycles. The highest BCUT2D eigenvalue weighted by atomic mass is 32.1. The maximum absolute atomic E-state index is 7.04. The molecule has 0 saturated carbocycles. The van der Waals surface area contributed by atoms with E-state index in [1.807, 2.05) is 78.1 Å². The smallest absolute Gasteiger partial charge is 0.164 e. The Morgan fingerprint density at radius 1 is 0.404 bits per heavy atom.